The average molecular weight is 453 g/mol. The van der Waals surface area contributed by atoms with Gasteiger partial charge in [-0.2, -0.15) is 0 Å². The summed E-state index contributed by atoms with van der Waals surface area (Å²) in [5.74, 6) is -0.285. The molecule has 10 heteroatoms. The van der Waals surface area contributed by atoms with Crippen molar-refractivity contribution in [2.75, 3.05) is 31.6 Å². The van der Waals surface area contributed by atoms with Crippen molar-refractivity contribution in [3.05, 3.63) is 62.4 Å². The number of rotatable bonds is 4. The Bertz CT molecular complexity index is 1350. The molecule has 9 nitrogen and oxygen atoms in total. The highest BCUT2D eigenvalue weighted by atomic mass is 32.1. The van der Waals surface area contributed by atoms with Gasteiger partial charge in [-0.3, -0.25) is 19.1 Å². The lowest BCUT2D eigenvalue weighted by Gasteiger charge is -2.34. The van der Waals surface area contributed by atoms with Crippen LogP contribution in [-0.2, 0) is 18.4 Å². The van der Waals surface area contributed by atoms with Crippen LogP contribution in [0, 0.1) is 11.6 Å². The van der Waals surface area contributed by atoms with Gasteiger partial charge in [0.25, 0.3) is 5.91 Å². The van der Waals surface area contributed by atoms with E-state index in [1.54, 1.807) is 38.1 Å². The molecule has 3 heterocycles. The van der Waals surface area contributed by atoms with Crippen LogP contribution in [0.25, 0.3) is 10.9 Å². The van der Waals surface area contributed by atoms with Crippen molar-refractivity contribution in [2.45, 2.75) is 13.5 Å². The van der Waals surface area contributed by atoms with Crippen LogP contribution in [-0.4, -0.2) is 57.9 Å². The number of anilines is 1. The monoisotopic (exact) mass is 452 g/mol. The molecule has 1 aliphatic rings. The summed E-state index contributed by atoms with van der Waals surface area (Å²) in [5.41, 5.74) is 3.11. The SMILES string of the molecule is CNC(=O)c1ccc(N2CCN(Cc3ccc4c(=S)n(C)c(=O)[nH]c4c3)CC2=O)c(C)n1. The molecule has 1 aliphatic heterocycles. The molecule has 1 aromatic carbocycles. The number of nitrogens with one attached hydrogen (secondary N) is 2. The minimum atomic E-state index is -0.260. The van der Waals surface area contributed by atoms with Crippen LogP contribution in [0.3, 0.4) is 0 Å². The number of benzene rings is 1. The summed E-state index contributed by atoms with van der Waals surface area (Å²) in [7, 11) is 3.20. The fraction of sp³-hybridized carbons (Fsp3) is 0.318. The van der Waals surface area contributed by atoms with Gasteiger partial charge in [0.15, 0.2) is 0 Å². The Morgan fingerprint density at radius 1 is 1.22 bits per heavy atom. The van der Waals surface area contributed by atoms with Gasteiger partial charge in [-0.25, -0.2) is 9.78 Å². The van der Waals surface area contributed by atoms with Crippen molar-refractivity contribution in [3.63, 3.8) is 0 Å². The molecule has 3 aromatic rings. The standard InChI is InChI=1S/C22H24N6O3S/c1-13-18(7-6-16(24-13)20(30)23-2)28-9-8-27(12-19(28)29)11-14-4-5-15-17(10-14)25-22(31)26(3)21(15)32/h4-7,10H,8-9,11-12H2,1-3H3,(H,23,30)(H,25,31). The molecule has 32 heavy (non-hydrogen) atoms. The molecule has 2 N–H and O–H groups in total. The molecule has 1 saturated heterocycles. The predicted octanol–water partition coefficient (Wildman–Crippen LogP) is 1.51. The van der Waals surface area contributed by atoms with Crippen molar-refractivity contribution >= 4 is 40.6 Å². The molecule has 2 aromatic heterocycles. The molecule has 0 spiro atoms. The van der Waals surface area contributed by atoms with Gasteiger partial charge in [-0.05, 0) is 36.8 Å². The second-order valence-corrected chi connectivity index (χ2v) is 8.20. The number of hydrogen-bond donors (Lipinski definition) is 2. The molecule has 0 radical (unpaired) electrons. The highest BCUT2D eigenvalue weighted by molar-refractivity contribution is 7.71. The number of fused-ring (bicyclic) bond motifs is 1. The van der Waals surface area contributed by atoms with Gasteiger partial charge in [0.1, 0.15) is 10.3 Å². The van der Waals surface area contributed by atoms with E-state index in [1.165, 1.54) is 4.57 Å². The fourth-order valence-electron chi connectivity index (χ4n) is 3.91. The highest BCUT2D eigenvalue weighted by Gasteiger charge is 2.26. The zero-order valence-corrected chi connectivity index (χ0v) is 19.0. The quantitative estimate of drug-likeness (QED) is 0.582. The van der Waals surface area contributed by atoms with Gasteiger partial charge in [-0.1, -0.05) is 18.3 Å². The Morgan fingerprint density at radius 2 is 2.00 bits per heavy atom. The minimum Gasteiger partial charge on any atom is -0.354 e. The van der Waals surface area contributed by atoms with E-state index in [1.807, 2.05) is 18.2 Å². The first-order valence-electron chi connectivity index (χ1n) is 10.2. The number of pyridine rings is 1. The van der Waals surface area contributed by atoms with Gasteiger partial charge in [0.05, 0.1) is 23.4 Å². The van der Waals surface area contributed by atoms with E-state index in [9.17, 15) is 14.4 Å². The summed E-state index contributed by atoms with van der Waals surface area (Å²) in [6, 6.07) is 9.19. The third kappa shape index (κ3) is 4.06. The molecule has 0 aliphatic carbocycles. The Morgan fingerprint density at radius 3 is 2.69 bits per heavy atom. The molecular weight excluding hydrogens is 428 g/mol. The van der Waals surface area contributed by atoms with Crippen LogP contribution in [0.4, 0.5) is 5.69 Å². The molecular formula is C22H24N6O3S. The third-order valence-corrected chi connectivity index (χ3v) is 6.17. The smallest absolute Gasteiger partial charge is 0.326 e. The number of amides is 2. The molecule has 0 unspecified atom stereocenters. The fourth-order valence-corrected chi connectivity index (χ4v) is 4.18. The van der Waals surface area contributed by atoms with E-state index in [2.05, 4.69) is 20.2 Å². The first kappa shape index (κ1) is 21.8. The van der Waals surface area contributed by atoms with Crippen molar-refractivity contribution in [3.8, 4) is 0 Å². The van der Waals surface area contributed by atoms with Gasteiger partial charge in [0, 0.05) is 39.1 Å². The zero-order chi connectivity index (χ0) is 23.0. The Balaban J connectivity index is 1.49. The number of aromatic amines is 1. The normalized spacial score (nSPS) is 14.7. The lowest BCUT2D eigenvalue weighted by molar-refractivity contribution is -0.121. The van der Waals surface area contributed by atoms with Crippen molar-refractivity contribution in [1.29, 1.82) is 0 Å². The summed E-state index contributed by atoms with van der Waals surface area (Å²) in [6.45, 7) is 3.86. The largest absolute Gasteiger partial charge is 0.354 e. The maximum atomic E-state index is 12.9. The number of aryl methyl sites for hydroxylation is 1. The van der Waals surface area contributed by atoms with Crippen LogP contribution < -0.4 is 15.9 Å². The van der Waals surface area contributed by atoms with E-state index in [0.29, 0.717) is 41.2 Å². The maximum Gasteiger partial charge on any atom is 0.326 e. The number of H-pyrrole nitrogens is 1. The predicted molar refractivity (Wildman–Crippen MR) is 124 cm³/mol. The second-order valence-electron chi connectivity index (χ2n) is 7.81. The first-order chi connectivity index (χ1) is 15.3. The third-order valence-electron chi connectivity index (χ3n) is 5.68. The van der Waals surface area contributed by atoms with Gasteiger partial charge >= 0.3 is 5.69 Å². The Kier molecular flexibility index (Phi) is 5.90. The summed E-state index contributed by atoms with van der Waals surface area (Å²) in [5, 5.41) is 3.36. The first-order valence-corrected chi connectivity index (χ1v) is 10.6. The number of carbonyl (C=O) groups excluding carboxylic acids is 2. The van der Waals surface area contributed by atoms with Gasteiger partial charge in [-0.15, -0.1) is 0 Å². The van der Waals surface area contributed by atoms with Crippen LogP contribution in [0.2, 0.25) is 0 Å². The number of hydrogen-bond acceptors (Lipinski definition) is 6. The average Bonchev–Trinajstić information content (AvgIpc) is 2.77. The molecule has 166 valence electrons. The Labute approximate surface area is 189 Å². The lowest BCUT2D eigenvalue weighted by atomic mass is 10.1. The van der Waals surface area contributed by atoms with Crippen molar-refractivity contribution in [2.24, 2.45) is 7.05 Å². The van der Waals surface area contributed by atoms with Crippen molar-refractivity contribution < 1.29 is 9.59 Å². The number of aromatic nitrogens is 3. The second kappa shape index (κ2) is 8.64. The molecule has 0 bridgehead atoms. The van der Waals surface area contributed by atoms with Crippen LogP contribution >= 0.6 is 12.2 Å². The van der Waals surface area contributed by atoms with Gasteiger partial charge < -0.3 is 15.2 Å². The number of nitrogens with zero attached hydrogens (tertiary/aromatic N) is 4. The summed E-state index contributed by atoms with van der Waals surface area (Å²) in [4.78, 5) is 47.6. The van der Waals surface area contributed by atoms with E-state index in [-0.39, 0.29) is 24.0 Å². The zero-order valence-electron chi connectivity index (χ0n) is 18.1. The van der Waals surface area contributed by atoms with Gasteiger partial charge in [0.2, 0.25) is 5.91 Å². The highest BCUT2D eigenvalue weighted by Crippen LogP contribution is 2.22. The Hall–Kier alpha value is -3.37. The number of carbonyl (C=O) groups is 2. The molecule has 2 amide bonds. The van der Waals surface area contributed by atoms with E-state index in [0.717, 1.165) is 16.6 Å². The lowest BCUT2D eigenvalue weighted by Crippen LogP contribution is -2.50. The summed E-state index contributed by atoms with van der Waals surface area (Å²) < 4.78 is 1.90. The van der Waals surface area contributed by atoms with Crippen molar-refractivity contribution in [1.82, 2.24) is 24.8 Å². The van der Waals surface area contributed by atoms with Crippen LogP contribution in [0.1, 0.15) is 21.7 Å². The molecule has 1 fully saturated rings. The molecule has 0 atom stereocenters. The van der Waals surface area contributed by atoms with Crippen LogP contribution in [0.15, 0.2) is 35.1 Å². The van der Waals surface area contributed by atoms with E-state index >= 15 is 0 Å². The minimum absolute atomic E-state index is 0.0251. The van der Waals surface area contributed by atoms with E-state index in [4.69, 9.17) is 12.2 Å². The maximum absolute atomic E-state index is 12.9. The van der Waals surface area contributed by atoms with Crippen LogP contribution in [0.5, 0.6) is 0 Å². The van der Waals surface area contributed by atoms with E-state index < -0.39 is 0 Å². The summed E-state index contributed by atoms with van der Waals surface area (Å²) >= 11 is 5.36. The molecule has 0 saturated carbocycles. The number of piperazine rings is 1. The molecule has 4 rings (SSSR count). The summed E-state index contributed by atoms with van der Waals surface area (Å²) in [6.07, 6.45) is 0. The topological polar surface area (TPSA) is 103 Å².